The number of nitrogens with one attached hydrogen (secondary N) is 1. The number of hydrogen-bond acceptors (Lipinski definition) is 5. The monoisotopic (exact) mass is 307 g/mol. The Morgan fingerprint density at radius 2 is 2.09 bits per heavy atom. The van der Waals surface area contributed by atoms with Crippen LogP contribution in [0.2, 0.25) is 0 Å². The molecule has 1 aromatic carbocycles. The number of halogens is 1. The van der Waals surface area contributed by atoms with Crippen molar-refractivity contribution in [2.24, 2.45) is 10.7 Å². The first-order valence-corrected chi connectivity index (χ1v) is 6.55. The molecule has 0 aliphatic carbocycles. The summed E-state index contributed by atoms with van der Waals surface area (Å²) in [5, 5.41) is 2.41. The van der Waals surface area contributed by atoms with E-state index in [9.17, 15) is 14.0 Å². The molecule has 22 heavy (non-hydrogen) atoms. The average Bonchev–Trinajstić information content (AvgIpc) is 2.45. The van der Waals surface area contributed by atoms with E-state index in [-0.39, 0.29) is 16.9 Å². The highest BCUT2D eigenvalue weighted by atomic mass is 19.1. The van der Waals surface area contributed by atoms with Gasteiger partial charge in [-0.25, -0.2) is 9.18 Å². The Morgan fingerprint density at radius 1 is 1.41 bits per heavy atom. The standard InChI is InChI=1S/C15H18FN3O3/c1-4-18-9(2)5-13(17)14(20)19-12-7-10(15(21)22-3)6-11(16)8-12/h5-8H,4,17H2,1-3H3,(H,19,20). The van der Waals surface area contributed by atoms with Crippen LogP contribution in [0.5, 0.6) is 0 Å². The second kappa shape index (κ2) is 7.92. The molecule has 1 aromatic rings. The first-order chi connectivity index (χ1) is 10.4. The van der Waals surface area contributed by atoms with Gasteiger partial charge in [0.2, 0.25) is 0 Å². The van der Waals surface area contributed by atoms with E-state index in [1.165, 1.54) is 19.3 Å². The van der Waals surface area contributed by atoms with Crippen molar-refractivity contribution in [1.82, 2.24) is 0 Å². The number of esters is 1. The Labute approximate surface area is 127 Å². The van der Waals surface area contributed by atoms with Gasteiger partial charge < -0.3 is 15.8 Å². The van der Waals surface area contributed by atoms with Gasteiger partial charge in [-0.2, -0.15) is 0 Å². The molecule has 0 unspecified atom stereocenters. The Kier molecular flexibility index (Phi) is 6.25. The van der Waals surface area contributed by atoms with Crippen LogP contribution < -0.4 is 11.1 Å². The van der Waals surface area contributed by atoms with E-state index >= 15 is 0 Å². The number of methoxy groups -OCH3 is 1. The van der Waals surface area contributed by atoms with Crippen molar-refractivity contribution in [1.29, 1.82) is 0 Å². The fourth-order valence-electron chi connectivity index (χ4n) is 1.69. The zero-order valence-electron chi connectivity index (χ0n) is 12.6. The number of aliphatic imine (C=N–C) groups is 1. The second-order valence-corrected chi connectivity index (χ2v) is 4.39. The van der Waals surface area contributed by atoms with Crippen LogP contribution in [-0.4, -0.2) is 31.2 Å². The van der Waals surface area contributed by atoms with E-state index in [0.29, 0.717) is 12.3 Å². The van der Waals surface area contributed by atoms with E-state index in [1.807, 2.05) is 6.92 Å². The molecular formula is C15H18FN3O3. The molecule has 0 atom stereocenters. The lowest BCUT2D eigenvalue weighted by molar-refractivity contribution is -0.112. The largest absolute Gasteiger partial charge is 0.465 e. The van der Waals surface area contributed by atoms with Gasteiger partial charge >= 0.3 is 5.97 Å². The maximum atomic E-state index is 13.5. The number of carbonyl (C=O) groups is 2. The van der Waals surface area contributed by atoms with Crippen molar-refractivity contribution >= 4 is 23.3 Å². The Morgan fingerprint density at radius 3 is 2.68 bits per heavy atom. The third kappa shape index (κ3) is 5.01. The molecule has 0 bridgehead atoms. The summed E-state index contributed by atoms with van der Waals surface area (Å²) >= 11 is 0. The lowest BCUT2D eigenvalue weighted by Gasteiger charge is -2.07. The summed E-state index contributed by atoms with van der Waals surface area (Å²) < 4.78 is 18.0. The van der Waals surface area contributed by atoms with Crippen LogP contribution in [0.25, 0.3) is 0 Å². The summed E-state index contributed by atoms with van der Waals surface area (Å²) in [4.78, 5) is 27.4. The number of benzene rings is 1. The summed E-state index contributed by atoms with van der Waals surface area (Å²) in [6.45, 7) is 4.14. The molecule has 0 aliphatic heterocycles. The van der Waals surface area contributed by atoms with Crippen LogP contribution in [0.4, 0.5) is 10.1 Å². The second-order valence-electron chi connectivity index (χ2n) is 4.39. The first-order valence-electron chi connectivity index (χ1n) is 6.55. The highest BCUT2D eigenvalue weighted by molar-refractivity contribution is 6.08. The van der Waals surface area contributed by atoms with Crippen molar-refractivity contribution in [3.63, 3.8) is 0 Å². The highest BCUT2D eigenvalue weighted by Crippen LogP contribution is 2.15. The molecule has 6 nitrogen and oxygen atoms in total. The number of carbonyl (C=O) groups excluding carboxylic acids is 2. The number of rotatable bonds is 5. The molecule has 0 saturated heterocycles. The number of anilines is 1. The third-order valence-corrected chi connectivity index (χ3v) is 2.61. The highest BCUT2D eigenvalue weighted by Gasteiger charge is 2.12. The molecule has 0 heterocycles. The van der Waals surface area contributed by atoms with Gasteiger partial charge in [-0.1, -0.05) is 0 Å². The number of ether oxygens (including phenoxy) is 1. The molecule has 3 N–H and O–H groups in total. The van der Waals surface area contributed by atoms with E-state index < -0.39 is 17.7 Å². The topological polar surface area (TPSA) is 93.8 Å². The van der Waals surface area contributed by atoms with Crippen LogP contribution in [0, 0.1) is 5.82 Å². The van der Waals surface area contributed by atoms with Gasteiger partial charge in [0.25, 0.3) is 5.91 Å². The fraction of sp³-hybridized carbons (Fsp3) is 0.267. The molecule has 0 radical (unpaired) electrons. The van der Waals surface area contributed by atoms with E-state index in [0.717, 1.165) is 12.1 Å². The van der Waals surface area contributed by atoms with Gasteiger partial charge in [-0.15, -0.1) is 0 Å². The number of nitrogens with zero attached hydrogens (tertiary/aromatic N) is 1. The zero-order chi connectivity index (χ0) is 16.7. The SMILES string of the molecule is CCN=C(C)C=C(N)C(=O)Nc1cc(F)cc(C(=O)OC)c1. The summed E-state index contributed by atoms with van der Waals surface area (Å²) in [5.74, 6) is -2.00. The van der Waals surface area contributed by atoms with Gasteiger partial charge in [0.05, 0.1) is 18.4 Å². The van der Waals surface area contributed by atoms with E-state index in [4.69, 9.17) is 5.73 Å². The maximum Gasteiger partial charge on any atom is 0.338 e. The Bertz CT molecular complexity index is 639. The molecule has 118 valence electrons. The first kappa shape index (κ1) is 17.4. The zero-order valence-corrected chi connectivity index (χ0v) is 12.6. The molecular weight excluding hydrogens is 289 g/mol. The number of hydrogen-bond donors (Lipinski definition) is 2. The fourth-order valence-corrected chi connectivity index (χ4v) is 1.69. The number of allylic oxidation sites excluding steroid dienone is 1. The molecule has 1 rings (SSSR count). The summed E-state index contributed by atoms with van der Waals surface area (Å²) in [6.07, 6.45) is 1.42. The van der Waals surface area contributed by atoms with E-state index in [2.05, 4.69) is 15.0 Å². The minimum atomic E-state index is -0.704. The van der Waals surface area contributed by atoms with Gasteiger partial charge in [-0.3, -0.25) is 9.79 Å². The molecule has 7 heteroatoms. The van der Waals surface area contributed by atoms with Gasteiger partial charge in [0.15, 0.2) is 0 Å². The third-order valence-electron chi connectivity index (χ3n) is 2.61. The minimum Gasteiger partial charge on any atom is -0.465 e. The molecule has 1 amide bonds. The number of nitrogens with two attached hydrogens (primary N) is 1. The Balaban J connectivity index is 2.95. The van der Waals surface area contributed by atoms with Crippen LogP contribution in [-0.2, 0) is 9.53 Å². The van der Waals surface area contributed by atoms with Gasteiger partial charge in [-0.05, 0) is 38.1 Å². The minimum absolute atomic E-state index is 0.0101. The lowest BCUT2D eigenvalue weighted by Crippen LogP contribution is -2.21. The average molecular weight is 307 g/mol. The molecule has 0 fully saturated rings. The van der Waals surface area contributed by atoms with Crippen molar-refractivity contribution in [2.45, 2.75) is 13.8 Å². The number of amides is 1. The van der Waals surface area contributed by atoms with Gasteiger partial charge in [0.1, 0.15) is 5.82 Å². The van der Waals surface area contributed by atoms with Gasteiger partial charge in [0, 0.05) is 17.9 Å². The van der Waals surface area contributed by atoms with Crippen molar-refractivity contribution in [2.75, 3.05) is 19.0 Å². The van der Waals surface area contributed by atoms with Crippen molar-refractivity contribution in [3.05, 3.63) is 41.4 Å². The maximum absolute atomic E-state index is 13.5. The quantitative estimate of drug-likeness (QED) is 0.493. The summed E-state index contributed by atoms with van der Waals surface area (Å²) in [6, 6.07) is 3.39. The summed E-state index contributed by atoms with van der Waals surface area (Å²) in [7, 11) is 1.18. The van der Waals surface area contributed by atoms with Crippen LogP contribution in [0.1, 0.15) is 24.2 Å². The van der Waals surface area contributed by atoms with Crippen LogP contribution >= 0.6 is 0 Å². The van der Waals surface area contributed by atoms with Crippen LogP contribution in [0.3, 0.4) is 0 Å². The molecule has 0 aromatic heterocycles. The lowest BCUT2D eigenvalue weighted by atomic mass is 10.2. The summed E-state index contributed by atoms with van der Waals surface area (Å²) in [5.41, 5.74) is 6.27. The predicted molar refractivity (Wildman–Crippen MR) is 82.3 cm³/mol. The van der Waals surface area contributed by atoms with Crippen molar-refractivity contribution in [3.8, 4) is 0 Å². The normalized spacial score (nSPS) is 12.0. The predicted octanol–water partition coefficient (Wildman–Crippen LogP) is 1.87. The molecule has 0 aliphatic rings. The van der Waals surface area contributed by atoms with E-state index in [1.54, 1.807) is 6.92 Å². The van der Waals surface area contributed by atoms with Crippen molar-refractivity contribution < 1.29 is 18.7 Å². The molecule has 0 saturated carbocycles. The van der Waals surface area contributed by atoms with Crippen LogP contribution in [0.15, 0.2) is 35.0 Å². The Hall–Kier alpha value is -2.70. The molecule has 0 spiro atoms. The smallest absolute Gasteiger partial charge is 0.338 e.